The summed E-state index contributed by atoms with van der Waals surface area (Å²) >= 11 is 0. The van der Waals surface area contributed by atoms with Crippen LogP contribution in [-0.4, -0.2) is 73.5 Å². The lowest BCUT2D eigenvalue weighted by molar-refractivity contribution is -0.118. The maximum absolute atomic E-state index is 14.6. The van der Waals surface area contributed by atoms with Crippen LogP contribution in [0.5, 0.6) is 5.75 Å². The molecule has 0 atom stereocenters. The first-order valence-electron chi connectivity index (χ1n) is 12.1. The highest BCUT2D eigenvalue weighted by Crippen LogP contribution is 2.35. The molecule has 0 saturated heterocycles. The summed E-state index contributed by atoms with van der Waals surface area (Å²) < 4.78 is 20.1. The second-order valence-electron chi connectivity index (χ2n) is 9.16. The lowest BCUT2D eigenvalue weighted by Crippen LogP contribution is -2.35. The highest BCUT2D eigenvalue weighted by atomic mass is 19.1. The lowest BCUT2D eigenvalue weighted by atomic mass is 10.1. The van der Waals surface area contributed by atoms with Gasteiger partial charge in [0.05, 0.1) is 36.0 Å². The minimum Gasteiger partial charge on any atom is -0.495 e. The van der Waals surface area contributed by atoms with Gasteiger partial charge in [0.25, 0.3) is 5.91 Å². The van der Waals surface area contributed by atoms with Gasteiger partial charge in [-0.3, -0.25) is 9.59 Å². The Morgan fingerprint density at radius 1 is 1.08 bits per heavy atom. The Morgan fingerprint density at radius 2 is 1.85 bits per heavy atom. The van der Waals surface area contributed by atoms with Crippen LogP contribution < -0.4 is 25.6 Å². The van der Waals surface area contributed by atoms with E-state index in [0.29, 0.717) is 34.0 Å². The van der Waals surface area contributed by atoms with E-state index in [2.05, 4.69) is 30.9 Å². The maximum atomic E-state index is 14.6. The Balaban J connectivity index is 1.74. The fraction of sp³-hybridized carbons (Fsp3) is 0.259. The summed E-state index contributed by atoms with van der Waals surface area (Å²) in [7, 11) is 8.37. The molecule has 0 saturated carbocycles. The summed E-state index contributed by atoms with van der Waals surface area (Å²) in [4.78, 5) is 40.7. The number of amides is 2. The third-order valence-corrected chi connectivity index (χ3v) is 6.09. The van der Waals surface area contributed by atoms with Crippen LogP contribution in [0.1, 0.15) is 15.9 Å². The number of ether oxygens (including phenoxy) is 1. The largest absolute Gasteiger partial charge is 0.495 e. The number of nitrogens with one attached hydrogen (secondary N) is 4. The summed E-state index contributed by atoms with van der Waals surface area (Å²) in [5.74, 6) is -0.219. The SMILES string of the molecule is CNC(=O)c1c(F)cccc1Nc1nc(Nc2cc(N(C)C(=O)CN(C)C)c(C)cc2OC)nc2[nH]ccc12. The van der Waals surface area contributed by atoms with Crippen LogP contribution in [0.3, 0.4) is 0 Å². The number of aromatic nitrogens is 3. The zero-order chi connectivity index (χ0) is 28.3. The highest BCUT2D eigenvalue weighted by molar-refractivity contribution is 6.01. The number of aryl methyl sites for hydroxylation is 1. The van der Waals surface area contributed by atoms with Gasteiger partial charge in [-0.2, -0.15) is 9.97 Å². The van der Waals surface area contributed by atoms with Gasteiger partial charge >= 0.3 is 0 Å². The minimum atomic E-state index is -0.665. The molecule has 4 rings (SSSR count). The van der Waals surface area contributed by atoms with Crippen LogP contribution >= 0.6 is 0 Å². The molecule has 4 N–H and O–H groups in total. The number of rotatable bonds is 9. The van der Waals surface area contributed by atoms with E-state index in [-0.39, 0.29) is 29.7 Å². The van der Waals surface area contributed by atoms with Crippen LogP contribution in [0, 0.1) is 12.7 Å². The van der Waals surface area contributed by atoms with Crippen molar-refractivity contribution in [1.82, 2.24) is 25.2 Å². The second-order valence-corrected chi connectivity index (χ2v) is 9.16. The van der Waals surface area contributed by atoms with Crippen LogP contribution in [-0.2, 0) is 4.79 Å². The number of carbonyl (C=O) groups is 2. The van der Waals surface area contributed by atoms with Gasteiger partial charge < -0.3 is 35.5 Å². The molecule has 0 aliphatic carbocycles. The number of hydrogen-bond donors (Lipinski definition) is 4. The van der Waals surface area contributed by atoms with Gasteiger partial charge in [0, 0.05) is 26.0 Å². The van der Waals surface area contributed by atoms with Crippen LogP contribution in [0.2, 0.25) is 0 Å². The first-order valence-corrected chi connectivity index (χ1v) is 12.1. The number of nitrogens with zero attached hydrogens (tertiary/aromatic N) is 4. The average molecular weight is 535 g/mol. The molecule has 0 fully saturated rings. The standard InChI is InChI=1S/C27H31FN8O3/c1-15-12-21(39-6)19(13-20(15)36(5)22(37)14-35(3)4)32-27-33-24-16(10-11-30-24)25(34-27)31-18-9-7-8-17(28)23(18)26(38)29-2/h7-13H,14H2,1-6H3,(H,29,38)(H3,30,31,32,33,34). The normalized spacial score (nSPS) is 11.0. The van der Waals surface area contributed by atoms with Crippen molar-refractivity contribution in [2.75, 3.05) is 57.4 Å². The maximum Gasteiger partial charge on any atom is 0.256 e. The molecule has 11 nitrogen and oxygen atoms in total. The average Bonchev–Trinajstić information content (AvgIpc) is 3.37. The molecule has 0 unspecified atom stereocenters. The molecule has 39 heavy (non-hydrogen) atoms. The van der Waals surface area contributed by atoms with Gasteiger partial charge in [-0.05, 0) is 56.9 Å². The number of carbonyl (C=O) groups excluding carboxylic acids is 2. The number of likely N-dealkylation sites (N-methyl/N-ethyl adjacent to an activating group) is 2. The van der Waals surface area contributed by atoms with E-state index >= 15 is 0 Å². The Bertz CT molecular complexity index is 1540. The summed E-state index contributed by atoms with van der Waals surface area (Å²) in [6.07, 6.45) is 1.70. The highest BCUT2D eigenvalue weighted by Gasteiger charge is 2.20. The molecule has 0 spiro atoms. The van der Waals surface area contributed by atoms with Gasteiger partial charge in [-0.15, -0.1) is 0 Å². The number of anilines is 5. The Hall–Kier alpha value is -4.71. The summed E-state index contributed by atoms with van der Waals surface area (Å²) in [6.45, 7) is 2.15. The fourth-order valence-corrected chi connectivity index (χ4v) is 4.13. The number of methoxy groups -OCH3 is 1. The van der Waals surface area contributed by atoms with Crippen molar-refractivity contribution >= 4 is 51.7 Å². The van der Waals surface area contributed by atoms with Crippen molar-refractivity contribution in [1.29, 1.82) is 0 Å². The topological polar surface area (TPSA) is 128 Å². The van der Waals surface area contributed by atoms with Gasteiger partial charge in [-0.25, -0.2) is 4.39 Å². The molecule has 2 aromatic carbocycles. The van der Waals surface area contributed by atoms with Crippen LogP contribution in [0.4, 0.5) is 33.2 Å². The van der Waals surface area contributed by atoms with E-state index in [4.69, 9.17) is 4.74 Å². The monoisotopic (exact) mass is 534 g/mol. The van der Waals surface area contributed by atoms with Crippen molar-refractivity contribution in [3.8, 4) is 5.75 Å². The van der Waals surface area contributed by atoms with Crippen LogP contribution in [0.15, 0.2) is 42.6 Å². The Labute approximate surface area is 225 Å². The zero-order valence-corrected chi connectivity index (χ0v) is 22.6. The first-order chi connectivity index (χ1) is 18.6. The summed E-state index contributed by atoms with van der Waals surface area (Å²) in [5, 5.41) is 9.37. The van der Waals surface area contributed by atoms with Crippen molar-refractivity contribution < 1.29 is 18.7 Å². The Morgan fingerprint density at radius 3 is 2.54 bits per heavy atom. The number of benzene rings is 2. The summed E-state index contributed by atoms with van der Waals surface area (Å²) in [5.41, 5.74) is 2.71. The van der Waals surface area contributed by atoms with Crippen molar-refractivity contribution in [3.05, 3.63) is 59.5 Å². The molecule has 2 heterocycles. The molecule has 12 heteroatoms. The number of hydrogen-bond acceptors (Lipinski definition) is 8. The molecular formula is C27H31FN8O3. The van der Waals surface area contributed by atoms with Crippen molar-refractivity contribution in [2.45, 2.75) is 6.92 Å². The quantitative estimate of drug-likeness (QED) is 0.256. The predicted molar refractivity (Wildman–Crippen MR) is 150 cm³/mol. The zero-order valence-electron chi connectivity index (χ0n) is 22.6. The summed E-state index contributed by atoms with van der Waals surface area (Å²) in [6, 6.07) is 9.72. The van der Waals surface area contributed by atoms with Gasteiger partial charge in [0.2, 0.25) is 11.9 Å². The third-order valence-electron chi connectivity index (χ3n) is 6.09. The molecule has 204 valence electrons. The molecule has 0 bridgehead atoms. The smallest absolute Gasteiger partial charge is 0.256 e. The van der Waals surface area contributed by atoms with E-state index in [0.717, 1.165) is 5.56 Å². The minimum absolute atomic E-state index is 0.0724. The van der Waals surface area contributed by atoms with Gasteiger partial charge in [0.15, 0.2) is 0 Å². The lowest BCUT2D eigenvalue weighted by Gasteiger charge is -2.23. The Kier molecular flexibility index (Phi) is 7.96. The predicted octanol–water partition coefficient (Wildman–Crippen LogP) is 3.79. The number of halogens is 1. The van der Waals surface area contributed by atoms with Crippen molar-refractivity contribution in [2.24, 2.45) is 0 Å². The molecular weight excluding hydrogens is 503 g/mol. The second kappa shape index (κ2) is 11.4. The van der Waals surface area contributed by atoms with Crippen molar-refractivity contribution in [3.63, 3.8) is 0 Å². The molecule has 0 radical (unpaired) electrons. The molecule has 2 amide bonds. The molecule has 0 aliphatic rings. The first kappa shape index (κ1) is 27.3. The van der Waals surface area contributed by atoms with E-state index < -0.39 is 11.7 Å². The molecule has 2 aromatic heterocycles. The van der Waals surface area contributed by atoms with Gasteiger partial charge in [0.1, 0.15) is 23.0 Å². The van der Waals surface area contributed by atoms with Crippen LogP contribution in [0.25, 0.3) is 11.0 Å². The van der Waals surface area contributed by atoms with E-state index in [1.54, 1.807) is 48.4 Å². The number of aromatic amines is 1. The fourth-order valence-electron chi connectivity index (χ4n) is 4.13. The van der Waals surface area contributed by atoms with Gasteiger partial charge in [-0.1, -0.05) is 6.07 Å². The number of fused-ring (bicyclic) bond motifs is 1. The molecule has 0 aliphatic heterocycles. The van der Waals surface area contributed by atoms with E-state index in [9.17, 15) is 14.0 Å². The number of H-pyrrole nitrogens is 1. The van der Waals surface area contributed by atoms with E-state index in [1.165, 1.54) is 19.2 Å². The van der Waals surface area contributed by atoms with E-state index in [1.807, 2.05) is 27.1 Å². The third kappa shape index (κ3) is 5.75. The molecule has 4 aromatic rings.